The maximum Gasteiger partial charge on any atom is 0.0307 e. The maximum atomic E-state index is 6.23. The molecule has 1 aliphatic heterocycles. The minimum absolute atomic E-state index is 0.179. The molecule has 0 spiro atoms. The van der Waals surface area contributed by atoms with Crippen LogP contribution in [0, 0.1) is 0 Å². The summed E-state index contributed by atoms with van der Waals surface area (Å²) in [6, 6.07) is 11.3. The molecule has 17 heavy (non-hydrogen) atoms. The minimum Gasteiger partial charge on any atom is -0.324 e. The Morgan fingerprint density at radius 1 is 1.41 bits per heavy atom. The van der Waals surface area contributed by atoms with Crippen molar-refractivity contribution in [2.75, 3.05) is 24.6 Å². The Balaban J connectivity index is 1.81. The molecule has 2 N–H and O–H groups in total. The summed E-state index contributed by atoms with van der Waals surface area (Å²) in [6.07, 6.45) is 1.05. The lowest BCUT2D eigenvalue weighted by atomic mass is 10.0. The summed E-state index contributed by atoms with van der Waals surface area (Å²) < 4.78 is 0. The fraction of sp³-hybridized carbons (Fsp3) is 0.571. The van der Waals surface area contributed by atoms with Gasteiger partial charge in [-0.1, -0.05) is 30.3 Å². The lowest BCUT2D eigenvalue weighted by Gasteiger charge is -2.33. The van der Waals surface area contributed by atoms with Gasteiger partial charge in [0.05, 0.1) is 0 Å². The van der Waals surface area contributed by atoms with Crippen LogP contribution in [0.5, 0.6) is 0 Å². The van der Waals surface area contributed by atoms with Crippen LogP contribution in [-0.2, 0) is 0 Å². The standard InChI is InChI=1S/C14H22N2S/c1-12-11-17-10-9-16(12)8-7-14(15)13-5-3-2-4-6-13/h2-6,12,14H,7-11,15H2,1H3. The van der Waals surface area contributed by atoms with Crippen LogP contribution < -0.4 is 5.73 Å². The summed E-state index contributed by atoms with van der Waals surface area (Å²) in [6.45, 7) is 4.66. The van der Waals surface area contributed by atoms with Crippen LogP contribution in [0.4, 0.5) is 0 Å². The monoisotopic (exact) mass is 250 g/mol. The Hall–Kier alpha value is -0.510. The van der Waals surface area contributed by atoms with Crippen molar-refractivity contribution in [2.24, 2.45) is 5.73 Å². The highest BCUT2D eigenvalue weighted by Gasteiger charge is 2.18. The first kappa shape index (κ1) is 12.9. The molecule has 3 heteroatoms. The summed E-state index contributed by atoms with van der Waals surface area (Å²) in [5.74, 6) is 2.53. The molecule has 0 amide bonds. The predicted octanol–water partition coefficient (Wildman–Crippen LogP) is 2.51. The van der Waals surface area contributed by atoms with Crippen LogP contribution in [0.1, 0.15) is 24.9 Å². The minimum atomic E-state index is 0.179. The van der Waals surface area contributed by atoms with Gasteiger partial charge in [0.2, 0.25) is 0 Å². The van der Waals surface area contributed by atoms with Crippen molar-refractivity contribution < 1.29 is 0 Å². The normalized spacial score (nSPS) is 23.5. The first-order valence-corrected chi connectivity index (χ1v) is 7.55. The summed E-state index contributed by atoms with van der Waals surface area (Å²) in [4.78, 5) is 2.57. The van der Waals surface area contributed by atoms with Crippen molar-refractivity contribution in [1.82, 2.24) is 4.90 Å². The number of nitrogens with two attached hydrogens (primary N) is 1. The zero-order chi connectivity index (χ0) is 12.1. The van der Waals surface area contributed by atoms with Gasteiger partial charge in [-0.15, -0.1) is 0 Å². The summed E-state index contributed by atoms with van der Waals surface area (Å²) in [7, 11) is 0. The van der Waals surface area contributed by atoms with Gasteiger partial charge in [-0.05, 0) is 18.9 Å². The fourth-order valence-electron chi connectivity index (χ4n) is 2.27. The van der Waals surface area contributed by atoms with Gasteiger partial charge in [0.15, 0.2) is 0 Å². The summed E-state index contributed by atoms with van der Waals surface area (Å²) in [5, 5.41) is 0. The molecule has 94 valence electrons. The molecule has 0 radical (unpaired) electrons. The molecule has 1 saturated heterocycles. The second kappa shape index (κ2) is 6.43. The van der Waals surface area contributed by atoms with Crippen molar-refractivity contribution in [3.05, 3.63) is 35.9 Å². The fourth-order valence-corrected chi connectivity index (χ4v) is 3.35. The van der Waals surface area contributed by atoms with Crippen molar-refractivity contribution in [1.29, 1.82) is 0 Å². The molecular formula is C14H22N2S. The van der Waals surface area contributed by atoms with Crippen molar-refractivity contribution >= 4 is 11.8 Å². The molecule has 1 aliphatic rings. The van der Waals surface area contributed by atoms with Gasteiger partial charge in [-0.3, -0.25) is 4.90 Å². The second-order valence-electron chi connectivity index (χ2n) is 4.77. The third-order valence-corrected chi connectivity index (χ3v) is 4.65. The molecule has 0 saturated carbocycles. The van der Waals surface area contributed by atoms with E-state index in [9.17, 15) is 0 Å². The van der Waals surface area contributed by atoms with E-state index in [4.69, 9.17) is 5.73 Å². The second-order valence-corrected chi connectivity index (χ2v) is 5.92. The quantitative estimate of drug-likeness (QED) is 0.890. The Morgan fingerprint density at radius 2 is 2.18 bits per heavy atom. The molecule has 2 unspecified atom stereocenters. The van der Waals surface area contributed by atoms with Crippen LogP contribution in [0.3, 0.4) is 0 Å². The third-order valence-electron chi connectivity index (χ3n) is 3.46. The highest BCUT2D eigenvalue weighted by atomic mass is 32.2. The highest BCUT2D eigenvalue weighted by molar-refractivity contribution is 7.99. The van der Waals surface area contributed by atoms with E-state index in [0.717, 1.165) is 13.0 Å². The lowest BCUT2D eigenvalue weighted by Crippen LogP contribution is -2.41. The van der Waals surface area contributed by atoms with Gasteiger partial charge in [-0.2, -0.15) is 11.8 Å². The maximum absolute atomic E-state index is 6.23. The van der Waals surface area contributed by atoms with E-state index in [1.165, 1.54) is 23.6 Å². The smallest absolute Gasteiger partial charge is 0.0307 e. The van der Waals surface area contributed by atoms with Crippen molar-refractivity contribution in [3.8, 4) is 0 Å². The zero-order valence-electron chi connectivity index (χ0n) is 10.5. The summed E-state index contributed by atoms with van der Waals surface area (Å²) in [5.41, 5.74) is 7.48. The number of hydrogen-bond acceptors (Lipinski definition) is 3. The Bertz CT molecular complexity index is 328. The molecular weight excluding hydrogens is 228 g/mol. The Kier molecular flexibility index (Phi) is 4.89. The molecule has 1 heterocycles. The van der Waals surface area contributed by atoms with Gasteiger partial charge in [0.1, 0.15) is 0 Å². The van der Waals surface area contributed by atoms with E-state index in [1.54, 1.807) is 0 Å². The average molecular weight is 250 g/mol. The van der Waals surface area contributed by atoms with Crippen LogP contribution in [0.25, 0.3) is 0 Å². The molecule has 1 fully saturated rings. The topological polar surface area (TPSA) is 29.3 Å². The van der Waals surface area contributed by atoms with Crippen LogP contribution in [-0.4, -0.2) is 35.5 Å². The van der Waals surface area contributed by atoms with E-state index >= 15 is 0 Å². The highest BCUT2D eigenvalue weighted by Crippen LogP contribution is 2.19. The number of thioether (sulfide) groups is 1. The van der Waals surface area contributed by atoms with Gasteiger partial charge < -0.3 is 5.73 Å². The largest absolute Gasteiger partial charge is 0.324 e. The van der Waals surface area contributed by atoms with E-state index in [2.05, 4.69) is 47.9 Å². The summed E-state index contributed by atoms with van der Waals surface area (Å²) >= 11 is 2.06. The Morgan fingerprint density at radius 3 is 2.88 bits per heavy atom. The number of nitrogens with zero attached hydrogens (tertiary/aromatic N) is 1. The lowest BCUT2D eigenvalue weighted by molar-refractivity contribution is 0.224. The molecule has 2 nitrogen and oxygen atoms in total. The van der Waals surface area contributed by atoms with Crippen LogP contribution >= 0.6 is 11.8 Å². The first-order valence-electron chi connectivity index (χ1n) is 6.39. The molecule has 2 atom stereocenters. The zero-order valence-corrected chi connectivity index (χ0v) is 11.3. The number of rotatable bonds is 4. The predicted molar refractivity (Wildman–Crippen MR) is 76.3 cm³/mol. The first-order chi connectivity index (χ1) is 8.27. The molecule has 1 aromatic carbocycles. The SMILES string of the molecule is CC1CSCCN1CCC(N)c1ccccc1. The van der Waals surface area contributed by atoms with Crippen LogP contribution in [0.15, 0.2) is 30.3 Å². The molecule has 1 aromatic rings. The number of hydrogen-bond donors (Lipinski definition) is 1. The molecule has 2 rings (SSSR count). The van der Waals surface area contributed by atoms with E-state index in [1.807, 2.05) is 6.07 Å². The van der Waals surface area contributed by atoms with Crippen LogP contribution in [0.2, 0.25) is 0 Å². The van der Waals surface area contributed by atoms with Gasteiger partial charge in [-0.25, -0.2) is 0 Å². The van der Waals surface area contributed by atoms with E-state index in [0.29, 0.717) is 6.04 Å². The third kappa shape index (κ3) is 3.73. The van der Waals surface area contributed by atoms with Crippen molar-refractivity contribution in [3.63, 3.8) is 0 Å². The van der Waals surface area contributed by atoms with E-state index in [-0.39, 0.29) is 6.04 Å². The van der Waals surface area contributed by atoms with E-state index < -0.39 is 0 Å². The average Bonchev–Trinajstić information content (AvgIpc) is 2.38. The van der Waals surface area contributed by atoms with Gasteiger partial charge in [0.25, 0.3) is 0 Å². The van der Waals surface area contributed by atoms with Crippen molar-refractivity contribution in [2.45, 2.75) is 25.4 Å². The molecule has 0 aliphatic carbocycles. The van der Waals surface area contributed by atoms with Gasteiger partial charge in [0, 0.05) is 36.7 Å². The number of benzene rings is 1. The van der Waals surface area contributed by atoms with Gasteiger partial charge >= 0.3 is 0 Å². The molecule has 0 bridgehead atoms. The molecule has 0 aromatic heterocycles. The Labute approximate surface area is 109 Å².